The fraction of sp³-hybridized carbons (Fsp3) is 0.190. The van der Waals surface area contributed by atoms with Gasteiger partial charge in [-0.15, -0.1) is 0 Å². The van der Waals surface area contributed by atoms with Crippen molar-refractivity contribution in [1.82, 2.24) is 4.90 Å². The molecular weight excluding hydrogens is 376 g/mol. The molecule has 0 N–H and O–H groups in total. The minimum absolute atomic E-state index is 0.0831. The number of esters is 1. The van der Waals surface area contributed by atoms with E-state index in [9.17, 15) is 9.59 Å². The first-order valence-electron chi connectivity index (χ1n) is 8.68. The highest BCUT2D eigenvalue weighted by Gasteiger charge is 2.32. The van der Waals surface area contributed by atoms with Gasteiger partial charge in [0.15, 0.2) is 5.17 Å². The van der Waals surface area contributed by atoms with E-state index in [2.05, 4.69) is 4.99 Å². The van der Waals surface area contributed by atoms with E-state index in [0.29, 0.717) is 27.9 Å². The smallest absolute Gasteiger partial charge is 0.337 e. The van der Waals surface area contributed by atoms with E-state index in [1.807, 2.05) is 37.3 Å². The molecule has 0 aromatic heterocycles. The number of likely N-dealkylation sites (N-methyl/N-ethyl adjacent to an activating group) is 1. The number of amidine groups is 1. The second-order valence-corrected chi connectivity index (χ2v) is 6.88. The van der Waals surface area contributed by atoms with Gasteiger partial charge in [0.05, 0.1) is 30.4 Å². The van der Waals surface area contributed by atoms with Crippen molar-refractivity contribution < 1.29 is 19.1 Å². The molecule has 28 heavy (non-hydrogen) atoms. The quantitative estimate of drug-likeness (QED) is 0.562. The highest BCUT2D eigenvalue weighted by Crippen LogP contribution is 2.34. The van der Waals surface area contributed by atoms with Crippen molar-refractivity contribution in [3.63, 3.8) is 0 Å². The van der Waals surface area contributed by atoms with Crippen molar-refractivity contribution in [1.29, 1.82) is 0 Å². The molecule has 144 valence electrons. The number of nitrogens with zero attached hydrogens (tertiary/aromatic N) is 2. The third-order valence-corrected chi connectivity index (χ3v) is 5.12. The van der Waals surface area contributed by atoms with Crippen LogP contribution in [0.3, 0.4) is 0 Å². The lowest BCUT2D eigenvalue weighted by Gasteiger charge is -2.12. The number of methoxy groups -OCH3 is 2. The summed E-state index contributed by atoms with van der Waals surface area (Å²) in [5, 5.41) is 0.604. The third kappa shape index (κ3) is 4.26. The average molecular weight is 396 g/mol. The van der Waals surface area contributed by atoms with Crippen LogP contribution in [0, 0.1) is 0 Å². The van der Waals surface area contributed by atoms with E-state index in [1.54, 1.807) is 36.3 Å². The van der Waals surface area contributed by atoms with Crippen molar-refractivity contribution in [2.75, 3.05) is 20.8 Å². The molecule has 0 spiro atoms. The third-order valence-electron chi connectivity index (χ3n) is 4.11. The van der Waals surface area contributed by atoms with Crippen molar-refractivity contribution >= 4 is 40.6 Å². The molecule has 1 saturated heterocycles. The Morgan fingerprint density at radius 2 is 1.93 bits per heavy atom. The maximum Gasteiger partial charge on any atom is 0.337 e. The van der Waals surface area contributed by atoms with Crippen LogP contribution in [-0.2, 0) is 9.53 Å². The van der Waals surface area contributed by atoms with Crippen LogP contribution in [0.15, 0.2) is 58.4 Å². The molecule has 6 nitrogen and oxygen atoms in total. The lowest BCUT2D eigenvalue weighted by Crippen LogP contribution is -2.28. The number of carbonyl (C=O) groups excluding carboxylic acids is 2. The molecule has 0 bridgehead atoms. The Kier molecular flexibility index (Phi) is 6.16. The number of rotatable bonds is 5. The van der Waals surface area contributed by atoms with E-state index in [4.69, 9.17) is 9.47 Å². The van der Waals surface area contributed by atoms with Gasteiger partial charge < -0.3 is 9.47 Å². The molecular formula is C21H20N2O4S. The fourth-order valence-electron chi connectivity index (χ4n) is 2.65. The Balaban J connectivity index is 1.87. The van der Waals surface area contributed by atoms with Gasteiger partial charge in [0.1, 0.15) is 5.75 Å². The molecule has 1 aliphatic rings. The van der Waals surface area contributed by atoms with Gasteiger partial charge >= 0.3 is 5.97 Å². The Bertz CT molecular complexity index is 951. The zero-order chi connectivity index (χ0) is 20.1. The topological polar surface area (TPSA) is 68.2 Å². The summed E-state index contributed by atoms with van der Waals surface area (Å²) in [6.45, 7) is 2.42. The van der Waals surface area contributed by atoms with Gasteiger partial charge in [-0.3, -0.25) is 9.69 Å². The number of thioether (sulfide) groups is 1. The molecule has 1 heterocycles. The number of hydrogen-bond donors (Lipinski definition) is 0. The second kappa shape index (κ2) is 8.75. The van der Waals surface area contributed by atoms with Crippen LogP contribution in [0.25, 0.3) is 6.08 Å². The van der Waals surface area contributed by atoms with Crippen LogP contribution >= 0.6 is 11.8 Å². The molecule has 1 fully saturated rings. The van der Waals surface area contributed by atoms with Gasteiger partial charge in [-0.1, -0.05) is 12.1 Å². The summed E-state index contributed by atoms with van der Waals surface area (Å²) in [4.78, 5) is 31.1. The van der Waals surface area contributed by atoms with Crippen LogP contribution < -0.4 is 4.74 Å². The standard InChI is InChI=1S/C21H20N2O4S/c1-4-23-19(24)18(13-14-6-5-7-17(12-14)26-2)28-21(23)22-16-10-8-15(9-11-16)20(25)27-3/h5-13H,4H2,1-3H3/b18-13+,22-21?. The van der Waals surface area contributed by atoms with Gasteiger partial charge in [-0.05, 0) is 66.7 Å². The number of amides is 1. The van der Waals surface area contributed by atoms with Crippen molar-refractivity contribution in [2.24, 2.45) is 4.99 Å². The monoisotopic (exact) mass is 396 g/mol. The van der Waals surface area contributed by atoms with Crippen molar-refractivity contribution in [2.45, 2.75) is 6.92 Å². The fourth-order valence-corrected chi connectivity index (χ4v) is 3.72. The summed E-state index contributed by atoms with van der Waals surface area (Å²) >= 11 is 1.32. The van der Waals surface area contributed by atoms with E-state index in [1.165, 1.54) is 18.9 Å². The summed E-state index contributed by atoms with van der Waals surface area (Å²) in [5.74, 6) is 0.250. The van der Waals surface area contributed by atoms with Crippen LogP contribution in [-0.4, -0.2) is 42.7 Å². The van der Waals surface area contributed by atoms with E-state index in [0.717, 1.165) is 11.3 Å². The molecule has 2 aromatic rings. The Labute approximate surface area is 167 Å². The molecule has 1 amide bonds. The van der Waals surface area contributed by atoms with E-state index >= 15 is 0 Å². The molecule has 7 heteroatoms. The Hall–Kier alpha value is -3.06. The first-order chi connectivity index (χ1) is 13.5. The zero-order valence-corrected chi connectivity index (χ0v) is 16.7. The molecule has 0 unspecified atom stereocenters. The predicted octanol–water partition coefficient (Wildman–Crippen LogP) is 4.11. The Morgan fingerprint density at radius 3 is 2.57 bits per heavy atom. The van der Waals surface area contributed by atoms with Crippen LogP contribution in [0.2, 0.25) is 0 Å². The molecule has 2 aromatic carbocycles. The summed E-state index contributed by atoms with van der Waals surface area (Å²) in [6, 6.07) is 14.3. The Morgan fingerprint density at radius 1 is 1.18 bits per heavy atom. The van der Waals surface area contributed by atoms with Gasteiger partial charge in [0, 0.05) is 6.54 Å². The normalized spacial score (nSPS) is 16.7. The highest BCUT2D eigenvalue weighted by molar-refractivity contribution is 8.18. The summed E-state index contributed by atoms with van der Waals surface area (Å²) in [7, 11) is 2.95. The minimum Gasteiger partial charge on any atom is -0.497 e. The van der Waals surface area contributed by atoms with Crippen LogP contribution in [0.1, 0.15) is 22.8 Å². The van der Waals surface area contributed by atoms with Gasteiger partial charge in [0.25, 0.3) is 5.91 Å². The SMILES string of the molecule is CCN1C(=O)/C(=C\c2cccc(OC)c2)SC1=Nc1ccc(C(=O)OC)cc1. The van der Waals surface area contributed by atoms with Crippen LogP contribution in [0.5, 0.6) is 5.75 Å². The lowest BCUT2D eigenvalue weighted by atomic mass is 10.2. The summed E-state index contributed by atoms with van der Waals surface area (Å²) < 4.78 is 9.93. The molecule has 3 rings (SSSR count). The molecule has 1 aliphatic heterocycles. The maximum atomic E-state index is 12.7. The van der Waals surface area contributed by atoms with Crippen molar-refractivity contribution in [3.05, 3.63) is 64.6 Å². The summed E-state index contributed by atoms with van der Waals surface area (Å²) in [5.41, 5.74) is 1.99. The number of carbonyl (C=O) groups is 2. The minimum atomic E-state index is -0.400. The number of benzene rings is 2. The van der Waals surface area contributed by atoms with Gasteiger partial charge in [-0.2, -0.15) is 0 Å². The summed E-state index contributed by atoms with van der Waals surface area (Å²) in [6.07, 6.45) is 1.83. The van der Waals surface area contributed by atoms with Gasteiger partial charge in [0.2, 0.25) is 0 Å². The molecule has 0 saturated carbocycles. The first-order valence-corrected chi connectivity index (χ1v) is 9.50. The average Bonchev–Trinajstić information content (AvgIpc) is 3.02. The zero-order valence-electron chi connectivity index (χ0n) is 15.8. The van der Waals surface area contributed by atoms with E-state index < -0.39 is 5.97 Å². The predicted molar refractivity (Wildman–Crippen MR) is 111 cm³/mol. The number of hydrogen-bond acceptors (Lipinski definition) is 6. The first kappa shape index (κ1) is 19.7. The van der Waals surface area contributed by atoms with Crippen molar-refractivity contribution in [3.8, 4) is 5.75 Å². The molecule has 0 atom stereocenters. The number of ether oxygens (including phenoxy) is 2. The largest absolute Gasteiger partial charge is 0.497 e. The van der Waals surface area contributed by atoms with E-state index in [-0.39, 0.29) is 5.91 Å². The molecule has 0 aliphatic carbocycles. The molecule has 0 radical (unpaired) electrons. The lowest BCUT2D eigenvalue weighted by molar-refractivity contribution is -0.122. The maximum absolute atomic E-state index is 12.7. The number of aliphatic imine (C=N–C) groups is 1. The van der Waals surface area contributed by atoms with Crippen LogP contribution in [0.4, 0.5) is 5.69 Å². The highest BCUT2D eigenvalue weighted by atomic mass is 32.2. The van der Waals surface area contributed by atoms with Gasteiger partial charge in [-0.25, -0.2) is 9.79 Å². The second-order valence-electron chi connectivity index (χ2n) is 5.87.